The quantitative estimate of drug-likeness (QED) is 0.636. The highest BCUT2D eigenvalue weighted by molar-refractivity contribution is 6.42. The fourth-order valence-electron chi connectivity index (χ4n) is 4.00. The van der Waals surface area contributed by atoms with E-state index in [4.69, 9.17) is 23.2 Å². The van der Waals surface area contributed by atoms with Crippen LogP contribution in [-0.4, -0.2) is 11.7 Å². The second kappa shape index (κ2) is 7.14. The Morgan fingerprint density at radius 3 is 2.41 bits per heavy atom. The third kappa shape index (κ3) is 3.30. The van der Waals surface area contributed by atoms with E-state index >= 15 is 0 Å². The van der Waals surface area contributed by atoms with Crippen molar-refractivity contribution in [1.82, 2.24) is 0 Å². The minimum atomic E-state index is -0.267. The Balaban J connectivity index is 1.85. The van der Waals surface area contributed by atoms with Crippen molar-refractivity contribution < 1.29 is 9.59 Å². The Hall–Kier alpha value is -2.10. The van der Waals surface area contributed by atoms with Crippen molar-refractivity contribution in [3.8, 4) is 0 Å². The number of carbonyl (C=O) groups excluding carboxylic acids is 2. The lowest BCUT2D eigenvalue weighted by atomic mass is 9.77. The van der Waals surface area contributed by atoms with Crippen LogP contribution in [0.25, 0.3) is 0 Å². The molecule has 1 heterocycles. The van der Waals surface area contributed by atoms with Crippen LogP contribution in [0.15, 0.2) is 53.7 Å². The van der Waals surface area contributed by atoms with Crippen LogP contribution in [0, 0.1) is 6.92 Å². The van der Waals surface area contributed by atoms with E-state index in [1.54, 1.807) is 17.0 Å². The number of anilines is 1. The van der Waals surface area contributed by atoms with Crippen LogP contribution >= 0.6 is 23.2 Å². The van der Waals surface area contributed by atoms with Crippen molar-refractivity contribution in [3.05, 3.63) is 74.9 Å². The van der Waals surface area contributed by atoms with E-state index in [9.17, 15) is 9.59 Å². The number of rotatable bonds is 2. The summed E-state index contributed by atoms with van der Waals surface area (Å²) in [5.41, 5.74) is 4.40. The number of nitrogens with zero attached hydrogens (tertiary/aromatic N) is 1. The van der Waals surface area contributed by atoms with Crippen LogP contribution in [0.2, 0.25) is 10.0 Å². The number of ketones is 1. The van der Waals surface area contributed by atoms with Gasteiger partial charge in [-0.25, -0.2) is 0 Å². The normalized spacial score (nSPS) is 20.1. The number of amides is 1. The molecule has 1 atom stereocenters. The highest BCUT2D eigenvalue weighted by Crippen LogP contribution is 2.44. The highest BCUT2D eigenvalue weighted by atomic mass is 35.5. The minimum absolute atomic E-state index is 0.00313. The average Bonchev–Trinajstić information content (AvgIpc) is 2.64. The predicted octanol–water partition coefficient (Wildman–Crippen LogP) is 5.83. The molecule has 0 saturated heterocycles. The Bertz CT molecular complexity index is 963. The first-order valence-corrected chi connectivity index (χ1v) is 9.82. The van der Waals surface area contributed by atoms with Crippen LogP contribution in [-0.2, 0) is 9.59 Å². The molecular weight excluding hydrogens is 381 g/mol. The van der Waals surface area contributed by atoms with Gasteiger partial charge in [-0.2, -0.15) is 0 Å². The van der Waals surface area contributed by atoms with Crippen molar-refractivity contribution in [1.29, 1.82) is 0 Å². The zero-order valence-electron chi connectivity index (χ0n) is 15.0. The second-order valence-electron chi connectivity index (χ2n) is 7.13. The van der Waals surface area contributed by atoms with Gasteiger partial charge in [0.15, 0.2) is 5.78 Å². The Kier molecular flexibility index (Phi) is 4.83. The number of benzene rings is 2. The van der Waals surface area contributed by atoms with Crippen LogP contribution in [0.5, 0.6) is 0 Å². The molecule has 0 bridgehead atoms. The summed E-state index contributed by atoms with van der Waals surface area (Å²) in [6.07, 6.45) is 2.25. The fourth-order valence-corrected chi connectivity index (χ4v) is 4.31. The lowest BCUT2D eigenvalue weighted by Gasteiger charge is -2.38. The molecular formula is C22H19Cl2NO2. The Morgan fingerprint density at radius 2 is 1.70 bits per heavy atom. The standard InChI is InChI=1S/C22H19Cl2NO2/c1-13-5-8-15(9-6-13)25-19-3-2-4-20(26)22(19)16(12-21(25)27)14-7-10-17(23)18(24)11-14/h5-11,16H,2-4,12H2,1H3. The summed E-state index contributed by atoms with van der Waals surface area (Å²) in [6, 6.07) is 13.2. The van der Waals surface area contributed by atoms with Gasteiger partial charge in [-0.3, -0.25) is 14.5 Å². The van der Waals surface area contributed by atoms with Gasteiger partial charge in [0.25, 0.3) is 0 Å². The second-order valence-corrected chi connectivity index (χ2v) is 7.95. The molecule has 27 heavy (non-hydrogen) atoms. The highest BCUT2D eigenvalue weighted by Gasteiger charge is 2.39. The number of aryl methyl sites for hydroxylation is 1. The van der Waals surface area contributed by atoms with Crippen LogP contribution in [0.4, 0.5) is 5.69 Å². The van der Waals surface area contributed by atoms with Crippen molar-refractivity contribution in [2.24, 2.45) is 0 Å². The van der Waals surface area contributed by atoms with E-state index in [1.807, 2.05) is 37.3 Å². The van der Waals surface area contributed by atoms with Gasteiger partial charge in [0.05, 0.1) is 10.0 Å². The number of allylic oxidation sites excluding steroid dienone is 2. The zero-order chi connectivity index (χ0) is 19.1. The molecule has 0 spiro atoms. The SMILES string of the molecule is Cc1ccc(N2C(=O)CC(c3ccc(Cl)c(Cl)c3)C3=C2CCCC3=O)cc1. The van der Waals surface area contributed by atoms with Gasteiger partial charge in [0.1, 0.15) is 0 Å². The number of hydrogen-bond acceptors (Lipinski definition) is 2. The predicted molar refractivity (Wildman–Crippen MR) is 108 cm³/mol. The van der Waals surface area contributed by atoms with E-state index in [0.29, 0.717) is 16.5 Å². The average molecular weight is 400 g/mol. The Labute approximate surface area is 168 Å². The third-order valence-electron chi connectivity index (χ3n) is 5.31. The van der Waals surface area contributed by atoms with Gasteiger partial charge in [-0.1, -0.05) is 47.0 Å². The summed E-state index contributed by atoms with van der Waals surface area (Å²) in [5, 5.41) is 0.904. The van der Waals surface area contributed by atoms with Crippen molar-refractivity contribution in [3.63, 3.8) is 0 Å². The molecule has 0 aromatic heterocycles. The topological polar surface area (TPSA) is 37.4 Å². The molecule has 4 rings (SSSR count). The maximum Gasteiger partial charge on any atom is 0.232 e. The van der Waals surface area contributed by atoms with Crippen LogP contribution < -0.4 is 4.90 Å². The van der Waals surface area contributed by atoms with E-state index in [0.717, 1.165) is 40.9 Å². The van der Waals surface area contributed by atoms with Gasteiger partial charge >= 0.3 is 0 Å². The molecule has 0 N–H and O–H groups in total. The molecule has 0 fully saturated rings. The maximum atomic E-state index is 13.1. The monoisotopic (exact) mass is 399 g/mol. The molecule has 1 amide bonds. The van der Waals surface area contributed by atoms with E-state index in [2.05, 4.69) is 0 Å². The number of carbonyl (C=O) groups is 2. The molecule has 1 aliphatic carbocycles. The molecule has 1 aliphatic heterocycles. The van der Waals surface area contributed by atoms with Crippen molar-refractivity contribution in [2.45, 2.75) is 38.5 Å². The number of Topliss-reactive ketones (excluding diaryl/α,β-unsaturated/α-hetero) is 1. The van der Waals surface area contributed by atoms with Gasteiger partial charge < -0.3 is 0 Å². The fraction of sp³-hybridized carbons (Fsp3) is 0.273. The van der Waals surface area contributed by atoms with Crippen LogP contribution in [0.1, 0.15) is 42.7 Å². The van der Waals surface area contributed by atoms with Crippen molar-refractivity contribution in [2.75, 3.05) is 4.90 Å². The summed E-state index contributed by atoms with van der Waals surface area (Å²) in [4.78, 5) is 27.7. The molecule has 0 saturated carbocycles. The molecule has 138 valence electrons. The molecule has 2 aliphatic rings. The van der Waals surface area contributed by atoms with E-state index in [1.165, 1.54) is 0 Å². The molecule has 1 unspecified atom stereocenters. The van der Waals surface area contributed by atoms with Gasteiger partial charge in [0.2, 0.25) is 5.91 Å². The molecule has 3 nitrogen and oxygen atoms in total. The largest absolute Gasteiger partial charge is 0.294 e. The van der Waals surface area contributed by atoms with E-state index in [-0.39, 0.29) is 24.0 Å². The van der Waals surface area contributed by atoms with Gasteiger partial charge in [0, 0.05) is 35.7 Å². The van der Waals surface area contributed by atoms with Crippen molar-refractivity contribution >= 4 is 40.6 Å². The smallest absolute Gasteiger partial charge is 0.232 e. The molecule has 0 radical (unpaired) electrons. The summed E-state index contributed by atoms with van der Waals surface area (Å²) < 4.78 is 0. The maximum absolute atomic E-state index is 13.1. The number of halogens is 2. The summed E-state index contributed by atoms with van der Waals surface area (Å²) in [7, 11) is 0. The molecule has 5 heteroatoms. The van der Waals surface area contributed by atoms with Gasteiger partial charge in [-0.15, -0.1) is 0 Å². The zero-order valence-corrected chi connectivity index (χ0v) is 16.5. The summed E-state index contributed by atoms with van der Waals surface area (Å²) >= 11 is 12.2. The first-order valence-electron chi connectivity index (χ1n) is 9.06. The first kappa shape index (κ1) is 18.3. The van der Waals surface area contributed by atoms with Crippen LogP contribution in [0.3, 0.4) is 0 Å². The molecule has 2 aromatic carbocycles. The summed E-state index contributed by atoms with van der Waals surface area (Å²) in [5.74, 6) is -0.142. The lowest BCUT2D eigenvalue weighted by molar-refractivity contribution is -0.119. The lowest BCUT2D eigenvalue weighted by Crippen LogP contribution is -2.40. The minimum Gasteiger partial charge on any atom is -0.294 e. The summed E-state index contributed by atoms with van der Waals surface area (Å²) in [6.45, 7) is 2.01. The molecule has 2 aromatic rings. The van der Waals surface area contributed by atoms with Gasteiger partial charge in [-0.05, 0) is 49.6 Å². The van der Waals surface area contributed by atoms with E-state index < -0.39 is 0 Å². The first-order chi connectivity index (χ1) is 13.0. The Morgan fingerprint density at radius 1 is 0.963 bits per heavy atom. The third-order valence-corrected chi connectivity index (χ3v) is 6.05. The number of hydrogen-bond donors (Lipinski definition) is 0.